The third kappa shape index (κ3) is 3.34. The number of thiazole rings is 1. The van der Waals surface area contributed by atoms with Gasteiger partial charge in [0.1, 0.15) is 11.3 Å². The van der Waals surface area contributed by atoms with Crippen LogP contribution in [-0.4, -0.2) is 45.9 Å². The molecule has 120 valence electrons. The summed E-state index contributed by atoms with van der Waals surface area (Å²) in [5.74, 6) is 0.786. The van der Waals surface area contributed by atoms with Crippen LogP contribution in [0, 0.1) is 0 Å². The number of rotatable bonds is 4. The largest absolute Gasteiger partial charge is 0.494 e. The van der Waals surface area contributed by atoms with Gasteiger partial charge in [-0.15, -0.1) is 0 Å². The van der Waals surface area contributed by atoms with E-state index in [2.05, 4.69) is 14.6 Å². The maximum atomic E-state index is 11.3. The number of nitrogens with one attached hydrogen (secondary N) is 1. The van der Waals surface area contributed by atoms with Gasteiger partial charge in [-0.25, -0.2) is 18.1 Å². The lowest BCUT2D eigenvalue weighted by molar-refractivity contribution is 0.419. The molecule has 1 aromatic heterocycles. The molecular weight excluding hydrogens is 322 g/mol. The summed E-state index contributed by atoms with van der Waals surface area (Å²) in [6.45, 7) is 1.60. The summed E-state index contributed by atoms with van der Waals surface area (Å²) in [6.07, 6.45) is 2.79. The van der Waals surface area contributed by atoms with Crippen LogP contribution in [0.2, 0.25) is 0 Å². The minimum absolute atomic E-state index is 0.0233. The van der Waals surface area contributed by atoms with E-state index in [-0.39, 0.29) is 6.04 Å². The van der Waals surface area contributed by atoms with Gasteiger partial charge in [0.05, 0.1) is 18.1 Å². The number of fused-ring (bicyclic) bond motifs is 1. The van der Waals surface area contributed by atoms with Gasteiger partial charge >= 0.3 is 0 Å². The van der Waals surface area contributed by atoms with Crippen LogP contribution in [0.25, 0.3) is 10.2 Å². The number of sulfonamides is 1. The van der Waals surface area contributed by atoms with Crippen LogP contribution < -0.4 is 14.4 Å². The average molecular weight is 341 g/mol. The molecule has 0 amide bonds. The van der Waals surface area contributed by atoms with Crippen LogP contribution in [0.3, 0.4) is 0 Å². The Kier molecular flexibility index (Phi) is 4.24. The molecule has 0 radical (unpaired) electrons. The van der Waals surface area contributed by atoms with Crippen molar-refractivity contribution in [2.75, 3.05) is 31.4 Å². The fourth-order valence-corrected chi connectivity index (χ4v) is 4.58. The maximum Gasteiger partial charge on any atom is 0.208 e. The highest BCUT2D eigenvalue weighted by atomic mass is 32.2. The summed E-state index contributed by atoms with van der Waals surface area (Å²) >= 11 is 1.64. The molecule has 1 aromatic carbocycles. The minimum Gasteiger partial charge on any atom is -0.494 e. The number of benzene rings is 1. The van der Waals surface area contributed by atoms with Gasteiger partial charge in [-0.2, -0.15) is 0 Å². The van der Waals surface area contributed by atoms with Gasteiger partial charge in [-0.1, -0.05) is 17.4 Å². The van der Waals surface area contributed by atoms with Gasteiger partial charge in [-0.05, 0) is 25.0 Å². The molecule has 8 heteroatoms. The van der Waals surface area contributed by atoms with Gasteiger partial charge in [0.25, 0.3) is 0 Å². The summed E-state index contributed by atoms with van der Waals surface area (Å²) in [4.78, 5) is 6.90. The summed E-state index contributed by atoms with van der Waals surface area (Å²) < 4.78 is 31.7. The Balaban J connectivity index is 1.74. The van der Waals surface area contributed by atoms with Crippen molar-refractivity contribution in [3.8, 4) is 5.75 Å². The second-order valence-corrected chi connectivity index (χ2v) is 8.24. The van der Waals surface area contributed by atoms with Crippen LogP contribution in [-0.2, 0) is 10.0 Å². The monoisotopic (exact) mass is 341 g/mol. The molecule has 2 heterocycles. The molecule has 6 nitrogen and oxygen atoms in total. The van der Waals surface area contributed by atoms with E-state index in [0.717, 1.165) is 47.0 Å². The van der Waals surface area contributed by atoms with Crippen molar-refractivity contribution in [3.63, 3.8) is 0 Å². The van der Waals surface area contributed by atoms with Gasteiger partial charge in [0.15, 0.2) is 5.13 Å². The molecule has 0 saturated carbocycles. The lowest BCUT2D eigenvalue weighted by Crippen LogP contribution is -2.44. The van der Waals surface area contributed by atoms with E-state index >= 15 is 0 Å². The number of nitrogens with zero attached hydrogens (tertiary/aromatic N) is 2. The summed E-state index contributed by atoms with van der Waals surface area (Å²) in [5, 5.41) is 0.970. The van der Waals surface area contributed by atoms with E-state index in [0.29, 0.717) is 0 Å². The quantitative estimate of drug-likeness (QED) is 0.918. The SMILES string of the molecule is COc1cccc2sc(N3CCC(NS(C)(=O)=O)CC3)nc12. The molecule has 3 rings (SSSR count). The summed E-state index contributed by atoms with van der Waals surface area (Å²) in [5.41, 5.74) is 0.890. The lowest BCUT2D eigenvalue weighted by atomic mass is 10.1. The molecule has 2 aromatic rings. The molecule has 0 atom stereocenters. The average Bonchev–Trinajstić information content (AvgIpc) is 2.90. The first kappa shape index (κ1) is 15.5. The molecule has 1 aliphatic heterocycles. The summed E-state index contributed by atoms with van der Waals surface area (Å²) in [6, 6.07) is 5.94. The van der Waals surface area contributed by atoms with E-state index < -0.39 is 10.0 Å². The molecule has 0 aliphatic carbocycles. The Hall–Kier alpha value is -1.38. The Bertz CT molecular complexity index is 765. The highest BCUT2D eigenvalue weighted by Crippen LogP contribution is 2.34. The van der Waals surface area contributed by atoms with Crippen LogP contribution >= 0.6 is 11.3 Å². The van der Waals surface area contributed by atoms with Gasteiger partial charge in [0, 0.05) is 19.1 Å². The van der Waals surface area contributed by atoms with E-state index in [9.17, 15) is 8.42 Å². The van der Waals surface area contributed by atoms with Crippen LogP contribution in [0.5, 0.6) is 5.75 Å². The predicted octanol–water partition coefficient (Wildman–Crippen LogP) is 1.82. The zero-order chi connectivity index (χ0) is 15.7. The smallest absolute Gasteiger partial charge is 0.208 e. The summed E-state index contributed by atoms with van der Waals surface area (Å²) in [7, 11) is -1.48. The number of methoxy groups -OCH3 is 1. The van der Waals surface area contributed by atoms with Crippen molar-refractivity contribution in [1.82, 2.24) is 9.71 Å². The Labute approximate surface area is 134 Å². The Morgan fingerprint density at radius 1 is 1.36 bits per heavy atom. The Morgan fingerprint density at radius 3 is 2.73 bits per heavy atom. The van der Waals surface area contributed by atoms with Crippen LogP contribution in [0.1, 0.15) is 12.8 Å². The maximum absolute atomic E-state index is 11.3. The number of aromatic nitrogens is 1. The van der Waals surface area contributed by atoms with E-state index in [1.54, 1.807) is 18.4 Å². The number of hydrogen-bond acceptors (Lipinski definition) is 6. The first-order chi connectivity index (χ1) is 10.5. The zero-order valence-electron chi connectivity index (χ0n) is 12.6. The van der Waals surface area contributed by atoms with Crippen LogP contribution in [0.4, 0.5) is 5.13 Å². The van der Waals surface area contributed by atoms with Gasteiger partial charge in [0.2, 0.25) is 10.0 Å². The third-order valence-electron chi connectivity index (χ3n) is 3.74. The zero-order valence-corrected chi connectivity index (χ0v) is 14.2. The molecule has 0 bridgehead atoms. The van der Waals surface area contributed by atoms with Gasteiger partial charge in [-0.3, -0.25) is 0 Å². The third-order valence-corrected chi connectivity index (χ3v) is 5.58. The van der Waals surface area contributed by atoms with Crippen molar-refractivity contribution in [1.29, 1.82) is 0 Å². The number of anilines is 1. The fourth-order valence-electron chi connectivity index (χ4n) is 2.70. The molecular formula is C14H19N3O3S2. The van der Waals surface area contributed by atoms with E-state index in [1.807, 2.05) is 18.2 Å². The topological polar surface area (TPSA) is 71.5 Å². The van der Waals surface area contributed by atoms with Crippen LogP contribution in [0.15, 0.2) is 18.2 Å². The molecule has 0 unspecified atom stereocenters. The Morgan fingerprint density at radius 2 is 2.09 bits per heavy atom. The van der Waals surface area contributed by atoms with Crippen molar-refractivity contribution in [3.05, 3.63) is 18.2 Å². The standard InChI is InChI=1S/C14H19N3O3S2/c1-20-11-4-3-5-12-13(11)15-14(21-12)17-8-6-10(7-9-17)16-22(2,18)19/h3-5,10,16H,6-9H2,1-2H3. The molecule has 1 saturated heterocycles. The van der Waals surface area contributed by atoms with Crippen molar-refractivity contribution < 1.29 is 13.2 Å². The lowest BCUT2D eigenvalue weighted by Gasteiger charge is -2.31. The van der Waals surface area contributed by atoms with Gasteiger partial charge < -0.3 is 9.64 Å². The number of piperidine rings is 1. The molecule has 1 aliphatic rings. The minimum atomic E-state index is -3.13. The molecule has 1 N–H and O–H groups in total. The normalized spacial score (nSPS) is 17.1. The first-order valence-electron chi connectivity index (χ1n) is 7.12. The highest BCUT2D eigenvalue weighted by Gasteiger charge is 2.23. The van der Waals surface area contributed by atoms with Crippen molar-refractivity contribution in [2.24, 2.45) is 0 Å². The van der Waals surface area contributed by atoms with E-state index in [4.69, 9.17) is 4.74 Å². The predicted molar refractivity (Wildman–Crippen MR) is 89.4 cm³/mol. The second kappa shape index (κ2) is 6.02. The molecule has 0 spiro atoms. The highest BCUT2D eigenvalue weighted by molar-refractivity contribution is 7.88. The number of ether oxygens (including phenoxy) is 1. The first-order valence-corrected chi connectivity index (χ1v) is 9.83. The molecule has 1 fully saturated rings. The van der Waals surface area contributed by atoms with Crippen molar-refractivity contribution in [2.45, 2.75) is 18.9 Å². The number of para-hydroxylation sites is 1. The molecule has 22 heavy (non-hydrogen) atoms. The van der Waals surface area contributed by atoms with Crippen molar-refractivity contribution >= 4 is 36.7 Å². The van der Waals surface area contributed by atoms with E-state index in [1.165, 1.54) is 6.26 Å². The second-order valence-electron chi connectivity index (χ2n) is 5.45. The number of hydrogen-bond donors (Lipinski definition) is 1. The fraction of sp³-hybridized carbons (Fsp3) is 0.500.